The predicted molar refractivity (Wildman–Crippen MR) is 65.2 cm³/mol. The number of pyridine rings is 1. The summed E-state index contributed by atoms with van der Waals surface area (Å²) in [6.45, 7) is 0. The van der Waals surface area contributed by atoms with Crippen LogP contribution in [-0.2, 0) is 0 Å². The number of nitro benzene ring substituents is 1. The van der Waals surface area contributed by atoms with Gasteiger partial charge in [-0.2, -0.15) is 0 Å². The Hall–Kier alpha value is -2.83. The molecule has 0 atom stereocenters. The average Bonchev–Trinajstić information content (AvgIpc) is 2.41. The first-order valence-corrected chi connectivity index (χ1v) is 5.23. The zero-order valence-corrected chi connectivity index (χ0v) is 9.54. The maximum absolute atomic E-state index is 13.6. The molecule has 0 spiro atoms. The monoisotopic (exact) mass is 261 g/mol. The molecule has 7 heteroatoms. The normalized spacial score (nSPS) is 9.95. The minimum absolute atomic E-state index is 0.126. The van der Waals surface area contributed by atoms with Gasteiger partial charge in [0.2, 0.25) is 0 Å². The molecular weight excluding hydrogens is 253 g/mol. The number of halogens is 1. The van der Waals surface area contributed by atoms with E-state index in [1.54, 1.807) is 6.07 Å². The fraction of sp³-hybridized carbons (Fsp3) is 0. The van der Waals surface area contributed by atoms with Crippen LogP contribution in [0.5, 0.6) is 0 Å². The summed E-state index contributed by atoms with van der Waals surface area (Å²) in [5.41, 5.74) is -0.239. The highest BCUT2D eigenvalue weighted by Gasteiger charge is 2.13. The highest BCUT2D eigenvalue weighted by molar-refractivity contribution is 6.04. The van der Waals surface area contributed by atoms with E-state index in [4.69, 9.17) is 0 Å². The van der Waals surface area contributed by atoms with Crippen LogP contribution < -0.4 is 5.32 Å². The van der Waals surface area contributed by atoms with E-state index in [1.807, 2.05) is 0 Å². The maximum atomic E-state index is 13.6. The van der Waals surface area contributed by atoms with Crippen molar-refractivity contribution in [2.45, 2.75) is 0 Å². The van der Waals surface area contributed by atoms with Gasteiger partial charge in [0.25, 0.3) is 11.6 Å². The number of anilines is 1. The first-order valence-electron chi connectivity index (χ1n) is 5.23. The van der Waals surface area contributed by atoms with Crippen molar-refractivity contribution >= 4 is 17.3 Å². The molecule has 0 bridgehead atoms. The molecule has 2 aromatic rings. The molecule has 0 saturated heterocycles. The molecule has 0 unspecified atom stereocenters. The number of aromatic nitrogens is 1. The predicted octanol–water partition coefficient (Wildman–Crippen LogP) is 2.38. The van der Waals surface area contributed by atoms with E-state index in [0.29, 0.717) is 0 Å². The lowest BCUT2D eigenvalue weighted by Gasteiger charge is -2.05. The number of nitrogens with one attached hydrogen (secondary N) is 1. The summed E-state index contributed by atoms with van der Waals surface area (Å²) in [4.78, 5) is 25.2. The van der Waals surface area contributed by atoms with Gasteiger partial charge in [0.05, 0.1) is 22.2 Å². The van der Waals surface area contributed by atoms with Crippen molar-refractivity contribution in [3.05, 3.63) is 64.2 Å². The Bertz CT molecular complexity index is 631. The Balaban J connectivity index is 2.20. The molecule has 1 aromatic heterocycles. The van der Waals surface area contributed by atoms with Gasteiger partial charge in [-0.25, -0.2) is 4.39 Å². The quantitative estimate of drug-likeness (QED) is 0.679. The van der Waals surface area contributed by atoms with Crippen LogP contribution in [0.2, 0.25) is 0 Å². The van der Waals surface area contributed by atoms with Crippen LogP contribution >= 0.6 is 0 Å². The lowest BCUT2D eigenvalue weighted by Crippen LogP contribution is -2.13. The molecular formula is C12H8FN3O3. The molecule has 0 fully saturated rings. The Morgan fingerprint density at radius 2 is 2.16 bits per heavy atom. The van der Waals surface area contributed by atoms with Gasteiger partial charge in [0, 0.05) is 18.5 Å². The fourth-order valence-electron chi connectivity index (χ4n) is 1.41. The standard InChI is InChI=1S/C12H8FN3O3/c13-10-6-9(16(18)19)3-4-11(10)15-12(17)8-2-1-5-14-7-8/h1-7H,(H,15,17). The number of hydrogen-bond donors (Lipinski definition) is 1. The third-order valence-corrected chi connectivity index (χ3v) is 2.34. The van der Waals surface area contributed by atoms with Gasteiger partial charge in [-0.3, -0.25) is 19.9 Å². The van der Waals surface area contributed by atoms with Crippen molar-refractivity contribution in [1.29, 1.82) is 0 Å². The first kappa shape index (κ1) is 12.6. The highest BCUT2D eigenvalue weighted by Crippen LogP contribution is 2.20. The van der Waals surface area contributed by atoms with Crippen molar-refractivity contribution in [2.75, 3.05) is 5.32 Å². The number of rotatable bonds is 3. The molecule has 0 saturated carbocycles. The lowest BCUT2D eigenvalue weighted by atomic mass is 10.2. The number of amides is 1. The molecule has 96 valence electrons. The summed E-state index contributed by atoms with van der Waals surface area (Å²) >= 11 is 0. The fourth-order valence-corrected chi connectivity index (χ4v) is 1.41. The third kappa shape index (κ3) is 2.89. The number of nitrogens with zero attached hydrogens (tertiary/aromatic N) is 2. The van der Waals surface area contributed by atoms with Crippen LogP contribution in [0, 0.1) is 15.9 Å². The second kappa shape index (κ2) is 5.21. The van der Waals surface area contributed by atoms with Crippen LogP contribution in [0.1, 0.15) is 10.4 Å². The zero-order chi connectivity index (χ0) is 13.8. The zero-order valence-electron chi connectivity index (χ0n) is 9.54. The van der Waals surface area contributed by atoms with Crippen molar-refractivity contribution < 1.29 is 14.1 Å². The summed E-state index contributed by atoms with van der Waals surface area (Å²) < 4.78 is 13.6. The maximum Gasteiger partial charge on any atom is 0.272 e. The highest BCUT2D eigenvalue weighted by atomic mass is 19.1. The Kier molecular flexibility index (Phi) is 3.46. The smallest absolute Gasteiger partial charge is 0.272 e. The Morgan fingerprint density at radius 1 is 1.37 bits per heavy atom. The molecule has 0 aliphatic rings. The van der Waals surface area contributed by atoms with E-state index in [1.165, 1.54) is 18.5 Å². The van der Waals surface area contributed by atoms with Gasteiger partial charge in [-0.1, -0.05) is 0 Å². The minimum atomic E-state index is -0.869. The van der Waals surface area contributed by atoms with Crippen molar-refractivity contribution in [1.82, 2.24) is 4.98 Å². The third-order valence-electron chi connectivity index (χ3n) is 2.34. The first-order chi connectivity index (χ1) is 9.08. The molecule has 6 nitrogen and oxygen atoms in total. The van der Waals surface area contributed by atoms with E-state index in [-0.39, 0.29) is 16.9 Å². The van der Waals surface area contributed by atoms with Crippen molar-refractivity contribution in [3.8, 4) is 0 Å². The van der Waals surface area contributed by atoms with Crippen molar-refractivity contribution in [2.24, 2.45) is 0 Å². The van der Waals surface area contributed by atoms with Crippen LogP contribution in [0.3, 0.4) is 0 Å². The van der Waals surface area contributed by atoms with E-state index in [0.717, 1.165) is 18.2 Å². The van der Waals surface area contributed by atoms with Crippen LogP contribution in [0.25, 0.3) is 0 Å². The topological polar surface area (TPSA) is 85.1 Å². The lowest BCUT2D eigenvalue weighted by molar-refractivity contribution is -0.385. The molecule has 0 aliphatic heterocycles. The second-order valence-electron chi connectivity index (χ2n) is 3.62. The van der Waals surface area contributed by atoms with E-state index in [2.05, 4.69) is 10.3 Å². The summed E-state index contributed by atoms with van der Waals surface area (Å²) in [6, 6.07) is 6.09. The van der Waals surface area contributed by atoms with Gasteiger partial charge in [-0.15, -0.1) is 0 Å². The number of nitro groups is 1. The average molecular weight is 261 g/mol. The van der Waals surface area contributed by atoms with E-state index < -0.39 is 16.6 Å². The van der Waals surface area contributed by atoms with E-state index >= 15 is 0 Å². The molecule has 2 rings (SSSR count). The molecule has 19 heavy (non-hydrogen) atoms. The van der Waals surface area contributed by atoms with Crippen LogP contribution in [0.4, 0.5) is 15.8 Å². The summed E-state index contributed by atoms with van der Waals surface area (Å²) in [5.74, 6) is -1.41. The summed E-state index contributed by atoms with van der Waals surface area (Å²) in [7, 11) is 0. The molecule has 1 N–H and O–H groups in total. The Labute approximate surface area is 107 Å². The van der Waals surface area contributed by atoms with Gasteiger partial charge in [-0.05, 0) is 18.2 Å². The number of carbonyl (C=O) groups excluding carboxylic acids is 1. The van der Waals surface area contributed by atoms with Crippen molar-refractivity contribution in [3.63, 3.8) is 0 Å². The number of benzene rings is 1. The molecule has 1 aromatic carbocycles. The van der Waals surface area contributed by atoms with Crippen LogP contribution in [0.15, 0.2) is 42.7 Å². The van der Waals surface area contributed by atoms with Gasteiger partial charge >= 0.3 is 0 Å². The van der Waals surface area contributed by atoms with Gasteiger partial charge in [0.15, 0.2) is 5.82 Å². The summed E-state index contributed by atoms with van der Waals surface area (Å²) in [5, 5.41) is 12.8. The number of non-ortho nitro benzene ring substituents is 1. The molecule has 1 heterocycles. The molecule has 1 amide bonds. The minimum Gasteiger partial charge on any atom is -0.319 e. The Morgan fingerprint density at radius 3 is 2.74 bits per heavy atom. The van der Waals surface area contributed by atoms with Gasteiger partial charge in [0.1, 0.15) is 0 Å². The largest absolute Gasteiger partial charge is 0.319 e. The van der Waals surface area contributed by atoms with Gasteiger partial charge < -0.3 is 5.32 Å². The van der Waals surface area contributed by atoms with E-state index in [9.17, 15) is 19.3 Å². The number of hydrogen-bond acceptors (Lipinski definition) is 4. The molecule has 0 aliphatic carbocycles. The molecule has 0 radical (unpaired) electrons. The SMILES string of the molecule is O=C(Nc1ccc([N+](=O)[O-])cc1F)c1cccnc1. The van der Waals surface area contributed by atoms with Crippen LogP contribution in [-0.4, -0.2) is 15.8 Å². The number of carbonyl (C=O) groups is 1. The summed E-state index contributed by atoms with van der Waals surface area (Å²) in [6.07, 6.45) is 2.84. The second-order valence-corrected chi connectivity index (χ2v) is 3.62.